The van der Waals surface area contributed by atoms with E-state index in [9.17, 15) is 4.79 Å². The van der Waals surface area contributed by atoms with E-state index in [1.54, 1.807) is 0 Å². The first kappa shape index (κ1) is 8.97. The first-order chi connectivity index (χ1) is 6.09. The molecule has 2 heterocycles. The van der Waals surface area contributed by atoms with Crippen molar-refractivity contribution in [3.8, 4) is 0 Å². The van der Waals surface area contributed by atoms with Crippen LogP contribution in [0.15, 0.2) is 0 Å². The van der Waals surface area contributed by atoms with Crippen LogP contribution in [0.2, 0.25) is 0 Å². The van der Waals surface area contributed by atoms with E-state index >= 15 is 0 Å². The molecule has 0 radical (unpaired) electrons. The van der Waals surface area contributed by atoms with Gasteiger partial charge < -0.3 is 14.7 Å². The average molecular weight is 185 g/mol. The molecule has 0 aromatic heterocycles. The Morgan fingerprint density at radius 1 is 1.62 bits per heavy atom. The lowest BCUT2D eigenvalue weighted by Crippen LogP contribution is -2.57. The molecule has 2 saturated heterocycles. The Labute approximate surface area is 77.5 Å². The Bertz CT molecular complexity index is 219. The van der Waals surface area contributed by atoms with Crippen LogP contribution >= 0.6 is 0 Å². The third kappa shape index (κ3) is 1.69. The van der Waals surface area contributed by atoms with Crippen molar-refractivity contribution in [3.05, 3.63) is 0 Å². The number of carbonyl (C=O) groups is 1. The highest BCUT2D eigenvalue weighted by atomic mass is 16.5. The summed E-state index contributed by atoms with van der Waals surface area (Å²) >= 11 is 0. The van der Waals surface area contributed by atoms with E-state index in [-0.39, 0.29) is 11.3 Å². The van der Waals surface area contributed by atoms with Crippen LogP contribution in [0.5, 0.6) is 0 Å². The molecule has 74 valence electrons. The zero-order valence-electron chi connectivity index (χ0n) is 7.82. The van der Waals surface area contributed by atoms with Crippen LogP contribution in [-0.2, 0) is 9.53 Å². The van der Waals surface area contributed by atoms with Gasteiger partial charge in [-0.2, -0.15) is 0 Å². The number of ether oxygens (including phenoxy) is 1. The number of rotatable bonds is 3. The van der Waals surface area contributed by atoms with Crippen molar-refractivity contribution in [2.75, 3.05) is 32.8 Å². The predicted octanol–water partition coefficient (Wildman–Crippen LogP) is 0.0393. The molecular formula is C9H15NO3. The van der Waals surface area contributed by atoms with E-state index in [1.807, 2.05) is 0 Å². The Hall–Kier alpha value is -0.610. The van der Waals surface area contributed by atoms with E-state index in [1.165, 1.54) is 0 Å². The Balaban J connectivity index is 1.72. The number of carboxylic acids is 1. The smallest absolute Gasteiger partial charge is 0.309 e. The van der Waals surface area contributed by atoms with E-state index < -0.39 is 5.97 Å². The second-order valence-corrected chi connectivity index (χ2v) is 4.53. The van der Waals surface area contributed by atoms with Crippen molar-refractivity contribution < 1.29 is 14.6 Å². The Morgan fingerprint density at radius 2 is 2.23 bits per heavy atom. The summed E-state index contributed by atoms with van der Waals surface area (Å²) < 4.78 is 5.14. The van der Waals surface area contributed by atoms with Crippen molar-refractivity contribution in [1.29, 1.82) is 0 Å². The molecule has 0 atom stereocenters. The second kappa shape index (κ2) is 2.96. The van der Waals surface area contributed by atoms with E-state index in [4.69, 9.17) is 9.84 Å². The molecule has 1 N–H and O–H groups in total. The topological polar surface area (TPSA) is 49.8 Å². The molecule has 0 aromatic carbocycles. The summed E-state index contributed by atoms with van der Waals surface area (Å²) in [5.41, 5.74) is 0.281. The second-order valence-electron chi connectivity index (χ2n) is 4.53. The van der Waals surface area contributed by atoms with Crippen LogP contribution in [-0.4, -0.2) is 48.8 Å². The van der Waals surface area contributed by atoms with Crippen LogP contribution in [0, 0.1) is 11.3 Å². The number of hydrogen-bond donors (Lipinski definition) is 1. The van der Waals surface area contributed by atoms with Gasteiger partial charge in [-0.3, -0.25) is 4.79 Å². The predicted molar refractivity (Wildman–Crippen MR) is 46.5 cm³/mol. The number of hydrogen-bond acceptors (Lipinski definition) is 3. The summed E-state index contributed by atoms with van der Waals surface area (Å²) in [5, 5.41) is 8.67. The first-order valence-corrected chi connectivity index (χ1v) is 4.62. The molecular weight excluding hydrogens is 170 g/mol. The van der Waals surface area contributed by atoms with Crippen LogP contribution in [0.4, 0.5) is 0 Å². The quantitative estimate of drug-likeness (QED) is 0.674. The molecule has 4 nitrogen and oxygen atoms in total. The summed E-state index contributed by atoms with van der Waals surface area (Å²) in [7, 11) is 0. The van der Waals surface area contributed by atoms with Gasteiger partial charge in [0.1, 0.15) is 0 Å². The van der Waals surface area contributed by atoms with Crippen molar-refractivity contribution in [2.45, 2.75) is 6.92 Å². The molecule has 4 heteroatoms. The van der Waals surface area contributed by atoms with Gasteiger partial charge in [0.15, 0.2) is 0 Å². The highest BCUT2D eigenvalue weighted by molar-refractivity contribution is 5.71. The maximum absolute atomic E-state index is 10.5. The van der Waals surface area contributed by atoms with Gasteiger partial charge in [0.05, 0.1) is 19.1 Å². The minimum absolute atomic E-state index is 0.135. The van der Waals surface area contributed by atoms with Gasteiger partial charge in [-0.05, 0) is 0 Å². The van der Waals surface area contributed by atoms with Gasteiger partial charge in [-0.25, -0.2) is 0 Å². The maximum atomic E-state index is 10.5. The average Bonchev–Trinajstić information content (AvgIpc) is 1.91. The minimum Gasteiger partial charge on any atom is -0.481 e. The highest BCUT2D eigenvalue weighted by Gasteiger charge is 2.40. The van der Waals surface area contributed by atoms with E-state index in [2.05, 4.69) is 11.8 Å². The van der Waals surface area contributed by atoms with Crippen LogP contribution in [0.25, 0.3) is 0 Å². The summed E-state index contributed by atoms with van der Waals surface area (Å²) in [6, 6.07) is 0. The molecule has 2 aliphatic heterocycles. The van der Waals surface area contributed by atoms with Crippen molar-refractivity contribution in [3.63, 3.8) is 0 Å². The lowest BCUT2D eigenvalue weighted by atomic mass is 9.86. The number of carboxylic acid groups (broad SMARTS) is 1. The standard InChI is InChI=1S/C9H15NO3/c1-9(5-13-6-9)4-10-2-7(3-10)8(11)12/h7H,2-6H2,1H3,(H,11,12). The van der Waals surface area contributed by atoms with Gasteiger partial charge in [0.25, 0.3) is 0 Å². The summed E-state index contributed by atoms with van der Waals surface area (Å²) in [4.78, 5) is 12.7. The first-order valence-electron chi connectivity index (χ1n) is 4.62. The molecule has 0 aliphatic carbocycles. The van der Waals surface area contributed by atoms with Crippen LogP contribution in [0.1, 0.15) is 6.92 Å². The fourth-order valence-electron chi connectivity index (χ4n) is 1.94. The fourth-order valence-corrected chi connectivity index (χ4v) is 1.94. The summed E-state index contributed by atoms with van der Waals surface area (Å²) in [6.07, 6.45) is 0. The van der Waals surface area contributed by atoms with Gasteiger partial charge in [-0.15, -0.1) is 0 Å². The minimum atomic E-state index is -0.661. The van der Waals surface area contributed by atoms with Crippen molar-refractivity contribution >= 4 is 5.97 Å². The number of aliphatic carboxylic acids is 1. The van der Waals surface area contributed by atoms with Gasteiger partial charge >= 0.3 is 5.97 Å². The van der Waals surface area contributed by atoms with E-state index in [0.717, 1.165) is 19.8 Å². The number of nitrogens with zero attached hydrogens (tertiary/aromatic N) is 1. The van der Waals surface area contributed by atoms with Gasteiger partial charge in [-0.1, -0.05) is 6.92 Å². The lowest BCUT2D eigenvalue weighted by molar-refractivity contribution is -0.154. The monoisotopic (exact) mass is 185 g/mol. The molecule has 2 aliphatic rings. The normalized spacial score (nSPS) is 27.8. The SMILES string of the molecule is CC1(CN2CC(C(=O)O)C2)COC1. The molecule has 13 heavy (non-hydrogen) atoms. The zero-order chi connectivity index (χ0) is 9.47. The third-order valence-corrected chi connectivity index (χ3v) is 2.81. The van der Waals surface area contributed by atoms with Gasteiger partial charge in [0, 0.05) is 25.0 Å². The molecule has 2 rings (SSSR count). The zero-order valence-corrected chi connectivity index (χ0v) is 7.82. The van der Waals surface area contributed by atoms with Crippen LogP contribution in [0.3, 0.4) is 0 Å². The summed E-state index contributed by atoms with van der Waals surface area (Å²) in [6.45, 7) is 6.24. The lowest BCUT2D eigenvalue weighted by Gasteiger charge is -2.46. The molecule has 0 spiro atoms. The maximum Gasteiger partial charge on any atom is 0.309 e. The van der Waals surface area contributed by atoms with E-state index in [0.29, 0.717) is 13.1 Å². The van der Waals surface area contributed by atoms with Crippen molar-refractivity contribution in [2.24, 2.45) is 11.3 Å². The molecule has 0 saturated carbocycles. The Morgan fingerprint density at radius 3 is 2.62 bits per heavy atom. The molecule has 0 unspecified atom stereocenters. The molecule has 0 aromatic rings. The number of likely N-dealkylation sites (tertiary alicyclic amines) is 1. The largest absolute Gasteiger partial charge is 0.481 e. The van der Waals surface area contributed by atoms with Crippen LogP contribution < -0.4 is 0 Å². The van der Waals surface area contributed by atoms with Crippen molar-refractivity contribution in [1.82, 2.24) is 4.90 Å². The molecule has 0 amide bonds. The fraction of sp³-hybridized carbons (Fsp3) is 0.889. The Kier molecular flexibility index (Phi) is 2.04. The van der Waals surface area contributed by atoms with Gasteiger partial charge in [0.2, 0.25) is 0 Å². The molecule has 0 bridgehead atoms. The summed E-state index contributed by atoms with van der Waals surface area (Å²) in [5.74, 6) is -0.796. The highest BCUT2D eigenvalue weighted by Crippen LogP contribution is 2.30. The molecule has 2 fully saturated rings. The third-order valence-electron chi connectivity index (χ3n) is 2.81.